The van der Waals surface area contributed by atoms with Crippen LogP contribution in [-0.2, 0) is 6.61 Å². The van der Waals surface area contributed by atoms with Crippen LogP contribution in [0.15, 0.2) is 12.5 Å². The third kappa shape index (κ3) is 1.88. The molecule has 1 fully saturated rings. The number of nitrogens with zero attached hydrogens (tertiary/aromatic N) is 4. The van der Waals surface area contributed by atoms with Crippen molar-refractivity contribution in [2.45, 2.75) is 6.61 Å². The summed E-state index contributed by atoms with van der Waals surface area (Å²) in [6.07, 6.45) is 3.64. The average molecular weight is 196 g/mol. The number of likely N-dealkylation sites (N-methyl/N-ethyl adjacent to an activating group) is 1. The van der Waals surface area contributed by atoms with Gasteiger partial charge >= 0.3 is 0 Å². The van der Waals surface area contributed by atoms with Gasteiger partial charge in [0.1, 0.15) is 6.33 Å². The summed E-state index contributed by atoms with van der Waals surface area (Å²) in [5.74, 6) is 0. The molecule has 1 aromatic heterocycles. The molecular formula is C9H16N4O. The number of aliphatic hydroxyl groups is 1. The Morgan fingerprint density at radius 2 is 2.07 bits per heavy atom. The van der Waals surface area contributed by atoms with Crippen molar-refractivity contribution in [3.8, 4) is 0 Å². The van der Waals surface area contributed by atoms with Gasteiger partial charge in [-0.1, -0.05) is 0 Å². The summed E-state index contributed by atoms with van der Waals surface area (Å²) in [5, 5.41) is 11.1. The van der Waals surface area contributed by atoms with Crippen LogP contribution in [0, 0.1) is 0 Å². The first kappa shape index (κ1) is 9.48. The van der Waals surface area contributed by atoms with Gasteiger partial charge in [0.15, 0.2) is 0 Å². The number of hydrogen-bond acceptors (Lipinski definition) is 4. The normalized spacial score (nSPS) is 18.9. The highest BCUT2D eigenvalue weighted by Gasteiger charge is 2.13. The summed E-state index contributed by atoms with van der Waals surface area (Å²) in [4.78, 5) is 6.39. The van der Waals surface area contributed by atoms with E-state index in [4.69, 9.17) is 5.11 Å². The van der Waals surface area contributed by atoms with Crippen molar-refractivity contribution in [3.63, 3.8) is 0 Å². The Morgan fingerprint density at radius 3 is 2.64 bits per heavy atom. The molecule has 0 aromatic carbocycles. The van der Waals surface area contributed by atoms with Crippen LogP contribution in [-0.4, -0.2) is 52.9 Å². The molecule has 0 unspecified atom stereocenters. The minimum absolute atomic E-state index is 0.0146. The molecule has 2 rings (SSSR count). The molecule has 5 heteroatoms. The van der Waals surface area contributed by atoms with Gasteiger partial charge in [0.05, 0.1) is 18.5 Å². The highest BCUT2D eigenvalue weighted by atomic mass is 16.3. The van der Waals surface area contributed by atoms with Gasteiger partial charge in [-0.3, -0.25) is 4.68 Å². The first-order valence-corrected chi connectivity index (χ1v) is 4.87. The Bertz CT molecular complexity index is 291. The van der Waals surface area contributed by atoms with Crippen LogP contribution in [0.1, 0.15) is 5.69 Å². The van der Waals surface area contributed by atoms with Crippen LogP contribution in [0.25, 0.3) is 0 Å². The van der Waals surface area contributed by atoms with Crippen molar-refractivity contribution in [1.29, 1.82) is 0 Å². The fourth-order valence-electron chi connectivity index (χ4n) is 1.62. The van der Waals surface area contributed by atoms with Gasteiger partial charge in [0, 0.05) is 26.2 Å². The van der Waals surface area contributed by atoms with E-state index < -0.39 is 0 Å². The SMILES string of the molecule is CN1CCN(n2cnc(CO)c2)CC1. The molecule has 1 aliphatic heterocycles. The van der Waals surface area contributed by atoms with Crippen LogP contribution in [0.5, 0.6) is 0 Å². The maximum Gasteiger partial charge on any atom is 0.115 e. The molecule has 0 radical (unpaired) electrons. The van der Waals surface area contributed by atoms with Gasteiger partial charge in [-0.25, -0.2) is 4.98 Å². The molecular weight excluding hydrogens is 180 g/mol. The van der Waals surface area contributed by atoms with E-state index in [0.717, 1.165) is 31.9 Å². The molecule has 1 saturated heterocycles. The van der Waals surface area contributed by atoms with E-state index in [1.165, 1.54) is 0 Å². The Hall–Kier alpha value is -1.07. The Labute approximate surface area is 83.5 Å². The summed E-state index contributed by atoms with van der Waals surface area (Å²) < 4.78 is 1.97. The van der Waals surface area contributed by atoms with Gasteiger partial charge in [0.25, 0.3) is 0 Å². The van der Waals surface area contributed by atoms with Gasteiger partial charge in [-0.2, -0.15) is 0 Å². The van der Waals surface area contributed by atoms with Crippen molar-refractivity contribution >= 4 is 0 Å². The Morgan fingerprint density at radius 1 is 1.36 bits per heavy atom. The first-order chi connectivity index (χ1) is 6.79. The van der Waals surface area contributed by atoms with Gasteiger partial charge in [-0.05, 0) is 7.05 Å². The average Bonchev–Trinajstić information content (AvgIpc) is 2.67. The van der Waals surface area contributed by atoms with Crippen molar-refractivity contribution in [1.82, 2.24) is 14.6 Å². The fraction of sp³-hybridized carbons (Fsp3) is 0.667. The number of rotatable bonds is 2. The van der Waals surface area contributed by atoms with E-state index in [9.17, 15) is 0 Å². The Kier molecular flexibility index (Phi) is 2.69. The van der Waals surface area contributed by atoms with Crippen LogP contribution in [0.2, 0.25) is 0 Å². The third-order valence-corrected chi connectivity index (χ3v) is 2.59. The first-order valence-electron chi connectivity index (χ1n) is 4.87. The second-order valence-corrected chi connectivity index (χ2v) is 3.66. The Balaban J connectivity index is 2.01. The molecule has 0 aliphatic carbocycles. The molecule has 0 atom stereocenters. The zero-order valence-electron chi connectivity index (χ0n) is 8.43. The molecule has 14 heavy (non-hydrogen) atoms. The topological polar surface area (TPSA) is 44.5 Å². The lowest BCUT2D eigenvalue weighted by atomic mass is 10.4. The second kappa shape index (κ2) is 3.98. The predicted molar refractivity (Wildman–Crippen MR) is 53.6 cm³/mol. The van der Waals surface area contributed by atoms with Crippen LogP contribution in [0.3, 0.4) is 0 Å². The number of hydrogen-bond donors (Lipinski definition) is 1. The molecule has 78 valence electrons. The molecule has 1 aromatic rings. The zero-order chi connectivity index (χ0) is 9.97. The molecule has 1 aliphatic rings. The summed E-state index contributed by atoms with van der Waals surface area (Å²) >= 11 is 0. The summed E-state index contributed by atoms with van der Waals surface area (Å²) in [7, 11) is 2.13. The summed E-state index contributed by atoms with van der Waals surface area (Å²) in [5.41, 5.74) is 0.726. The van der Waals surface area contributed by atoms with E-state index in [2.05, 4.69) is 21.9 Å². The van der Waals surface area contributed by atoms with Gasteiger partial charge in [0.2, 0.25) is 0 Å². The van der Waals surface area contributed by atoms with Crippen molar-refractivity contribution in [2.75, 3.05) is 38.2 Å². The fourth-order valence-corrected chi connectivity index (χ4v) is 1.62. The summed E-state index contributed by atoms with van der Waals surface area (Å²) in [6, 6.07) is 0. The predicted octanol–water partition coefficient (Wildman–Crippen LogP) is -0.741. The third-order valence-electron chi connectivity index (χ3n) is 2.59. The quantitative estimate of drug-likeness (QED) is 0.676. The second-order valence-electron chi connectivity index (χ2n) is 3.66. The van der Waals surface area contributed by atoms with Crippen LogP contribution >= 0.6 is 0 Å². The maximum atomic E-state index is 8.89. The highest BCUT2D eigenvalue weighted by Crippen LogP contribution is 2.01. The molecule has 0 bridgehead atoms. The van der Waals surface area contributed by atoms with Crippen molar-refractivity contribution in [2.24, 2.45) is 0 Å². The molecule has 0 spiro atoms. The lowest BCUT2D eigenvalue weighted by Crippen LogP contribution is -2.49. The molecule has 5 nitrogen and oxygen atoms in total. The number of aliphatic hydroxyl groups excluding tert-OH is 1. The van der Waals surface area contributed by atoms with Crippen LogP contribution in [0.4, 0.5) is 0 Å². The molecule has 1 N–H and O–H groups in total. The number of aromatic nitrogens is 2. The van der Waals surface area contributed by atoms with E-state index in [1.807, 2.05) is 10.9 Å². The van der Waals surface area contributed by atoms with Gasteiger partial charge < -0.3 is 15.0 Å². The zero-order valence-corrected chi connectivity index (χ0v) is 8.43. The standard InChI is InChI=1S/C9H16N4O/c1-11-2-4-12(5-3-11)13-6-9(7-14)10-8-13/h6,8,14H,2-5,7H2,1H3. The molecule has 0 amide bonds. The highest BCUT2D eigenvalue weighted by molar-refractivity contribution is 5.00. The van der Waals surface area contributed by atoms with E-state index in [0.29, 0.717) is 0 Å². The minimum Gasteiger partial charge on any atom is -0.390 e. The summed E-state index contributed by atoms with van der Waals surface area (Å²) in [6.45, 7) is 4.19. The minimum atomic E-state index is 0.0146. The van der Waals surface area contributed by atoms with E-state index in [-0.39, 0.29) is 6.61 Å². The van der Waals surface area contributed by atoms with E-state index in [1.54, 1.807) is 6.33 Å². The van der Waals surface area contributed by atoms with Crippen LogP contribution < -0.4 is 5.01 Å². The lowest BCUT2D eigenvalue weighted by Gasteiger charge is -2.34. The maximum absolute atomic E-state index is 8.89. The van der Waals surface area contributed by atoms with Crippen molar-refractivity contribution < 1.29 is 5.11 Å². The monoisotopic (exact) mass is 196 g/mol. The van der Waals surface area contributed by atoms with E-state index >= 15 is 0 Å². The molecule has 2 heterocycles. The largest absolute Gasteiger partial charge is 0.390 e. The number of imidazole rings is 1. The number of piperazine rings is 1. The lowest BCUT2D eigenvalue weighted by molar-refractivity contribution is 0.276. The molecule has 0 saturated carbocycles. The van der Waals surface area contributed by atoms with Gasteiger partial charge in [-0.15, -0.1) is 0 Å². The smallest absolute Gasteiger partial charge is 0.115 e. The van der Waals surface area contributed by atoms with Crippen molar-refractivity contribution in [3.05, 3.63) is 18.2 Å².